The van der Waals surface area contributed by atoms with Crippen molar-refractivity contribution in [2.45, 2.75) is 45.6 Å². The quantitative estimate of drug-likeness (QED) is 0.601. The number of hydrogen-bond donors (Lipinski definition) is 1. The molecule has 0 amide bonds. The molecule has 0 aliphatic rings. The van der Waals surface area contributed by atoms with Gasteiger partial charge in [0.25, 0.3) is 0 Å². The molecule has 1 N–H and O–H groups in total. The molecule has 1 heterocycles. The predicted molar refractivity (Wildman–Crippen MR) is 71.9 cm³/mol. The Labute approximate surface area is 105 Å². The number of aryl methyl sites for hydroxylation is 2. The van der Waals surface area contributed by atoms with E-state index in [1.54, 1.807) is 0 Å². The lowest BCUT2D eigenvalue weighted by molar-refractivity contribution is 0.504. The highest BCUT2D eigenvalue weighted by atomic mass is 15.3. The van der Waals surface area contributed by atoms with Crippen molar-refractivity contribution in [2.24, 2.45) is 7.05 Å². The minimum Gasteiger partial charge on any atom is -0.317 e. The Morgan fingerprint density at radius 3 is 2.65 bits per heavy atom. The largest absolute Gasteiger partial charge is 0.317 e. The van der Waals surface area contributed by atoms with Crippen LogP contribution < -0.4 is 5.32 Å². The lowest BCUT2D eigenvalue weighted by Crippen LogP contribution is -2.27. The fourth-order valence-corrected chi connectivity index (χ4v) is 2.16. The van der Waals surface area contributed by atoms with Crippen LogP contribution in [0.3, 0.4) is 0 Å². The average Bonchev–Trinajstić information content (AvgIpc) is 2.54. The zero-order valence-corrected chi connectivity index (χ0v) is 11.4. The van der Waals surface area contributed by atoms with Crippen molar-refractivity contribution in [3.8, 4) is 12.3 Å². The van der Waals surface area contributed by atoms with Gasteiger partial charge in [-0.15, -0.1) is 12.3 Å². The second-order valence-corrected chi connectivity index (χ2v) is 4.56. The standard InChI is InChI=1S/C14H23N3/c1-6-7-8-9-13(15-4)10-14-11(2)16-17(5)12(14)3/h1,13,15H,7-10H2,2-5H3. The topological polar surface area (TPSA) is 29.9 Å². The van der Waals surface area contributed by atoms with E-state index in [0.29, 0.717) is 6.04 Å². The third kappa shape index (κ3) is 3.61. The molecule has 0 radical (unpaired) electrons. The van der Waals surface area contributed by atoms with Crippen LogP contribution in [0.25, 0.3) is 0 Å². The van der Waals surface area contributed by atoms with E-state index in [1.165, 1.54) is 11.3 Å². The van der Waals surface area contributed by atoms with Gasteiger partial charge in [-0.05, 0) is 45.7 Å². The first-order valence-electron chi connectivity index (χ1n) is 6.20. The Morgan fingerprint density at radius 1 is 1.47 bits per heavy atom. The summed E-state index contributed by atoms with van der Waals surface area (Å²) < 4.78 is 1.96. The van der Waals surface area contributed by atoms with E-state index in [2.05, 4.69) is 30.2 Å². The van der Waals surface area contributed by atoms with Gasteiger partial charge in [-0.1, -0.05) is 0 Å². The van der Waals surface area contributed by atoms with Gasteiger partial charge in [-0.25, -0.2) is 0 Å². The molecule has 0 saturated carbocycles. The number of rotatable bonds is 6. The molecule has 0 aromatic carbocycles. The van der Waals surface area contributed by atoms with Crippen LogP contribution in [0.5, 0.6) is 0 Å². The maximum absolute atomic E-state index is 5.28. The lowest BCUT2D eigenvalue weighted by Gasteiger charge is -2.15. The van der Waals surface area contributed by atoms with Gasteiger partial charge in [0.05, 0.1) is 5.69 Å². The second kappa shape index (κ2) is 6.46. The number of unbranched alkanes of at least 4 members (excludes halogenated alkanes) is 1. The van der Waals surface area contributed by atoms with Crippen LogP contribution in [0, 0.1) is 26.2 Å². The zero-order chi connectivity index (χ0) is 12.8. The van der Waals surface area contributed by atoms with Gasteiger partial charge in [0.2, 0.25) is 0 Å². The molecule has 0 bridgehead atoms. The van der Waals surface area contributed by atoms with Gasteiger partial charge in [0.1, 0.15) is 0 Å². The highest BCUT2D eigenvalue weighted by Crippen LogP contribution is 2.16. The van der Waals surface area contributed by atoms with E-state index in [1.807, 2.05) is 18.8 Å². The van der Waals surface area contributed by atoms with Gasteiger partial charge < -0.3 is 5.32 Å². The van der Waals surface area contributed by atoms with Crippen molar-refractivity contribution in [1.29, 1.82) is 0 Å². The summed E-state index contributed by atoms with van der Waals surface area (Å²) in [7, 11) is 4.01. The number of nitrogens with one attached hydrogen (secondary N) is 1. The van der Waals surface area contributed by atoms with Crippen molar-refractivity contribution in [3.63, 3.8) is 0 Å². The Morgan fingerprint density at radius 2 is 2.18 bits per heavy atom. The van der Waals surface area contributed by atoms with E-state index in [4.69, 9.17) is 6.42 Å². The minimum atomic E-state index is 0.491. The van der Waals surface area contributed by atoms with Crippen LogP contribution in [-0.4, -0.2) is 22.9 Å². The van der Waals surface area contributed by atoms with E-state index in [-0.39, 0.29) is 0 Å². The van der Waals surface area contributed by atoms with Crippen LogP contribution in [0.15, 0.2) is 0 Å². The fourth-order valence-electron chi connectivity index (χ4n) is 2.16. The summed E-state index contributed by atoms with van der Waals surface area (Å²) in [4.78, 5) is 0. The Kier molecular flexibility index (Phi) is 5.24. The average molecular weight is 233 g/mol. The summed E-state index contributed by atoms with van der Waals surface area (Å²) in [6.07, 6.45) is 9.38. The van der Waals surface area contributed by atoms with Crippen LogP contribution in [0.4, 0.5) is 0 Å². The van der Waals surface area contributed by atoms with Gasteiger partial charge in [0, 0.05) is 25.2 Å². The Bertz CT molecular complexity index is 398. The number of aromatic nitrogens is 2. The summed E-state index contributed by atoms with van der Waals surface area (Å²) in [6, 6.07) is 0.491. The zero-order valence-electron chi connectivity index (χ0n) is 11.4. The highest BCUT2D eigenvalue weighted by Gasteiger charge is 2.14. The molecule has 17 heavy (non-hydrogen) atoms. The monoisotopic (exact) mass is 233 g/mol. The highest BCUT2D eigenvalue weighted by molar-refractivity contribution is 5.25. The van der Waals surface area contributed by atoms with Crippen LogP contribution in [0.1, 0.15) is 36.2 Å². The third-order valence-corrected chi connectivity index (χ3v) is 3.39. The third-order valence-electron chi connectivity index (χ3n) is 3.39. The fraction of sp³-hybridized carbons (Fsp3) is 0.643. The smallest absolute Gasteiger partial charge is 0.0628 e. The van der Waals surface area contributed by atoms with Gasteiger partial charge in [-0.2, -0.15) is 5.10 Å². The van der Waals surface area contributed by atoms with Crippen molar-refractivity contribution < 1.29 is 0 Å². The lowest BCUT2D eigenvalue weighted by atomic mass is 10.00. The van der Waals surface area contributed by atoms with E-state index in [0.717, 1.165) is 31.4 Å². The Balaban J connectivity index is 2.64. The maximum Gasteiger partial charge on any atom is 0.0628 e. The summed E-state index contributed by atoms with van der Waals surface area (Å²) in [5.74, 6) is 2.69. The molecule has 0 aliphatic heterocycles. The predicted octanol–water partition coefficient (Wildman–Crippen LogP) is 1.97. The van der Waals surface area contributed by atoms with Crippen molar-refractivity contribution in [3.05, 3.63) is 17.0 Å². The molecule has 94 valence electrons. The summed E-state index contributed by atoms with van der Waals surface area (Å²) >= 11 is 0. The molecular weight excluding hydrogens is 210 g/mol. The van der Waals surface area contributed by atoms with Gasteiger partial charge in [0.15, 0.2) is 0 Å². The number of terminal acetylenes is 1. The number of nitrogens with zero attached hydrogens (tertiary/aromatic N) is 2. The maximum atomic E-state index is 5.28. The molecule has 3 nitrogen and oxygen atoms in total. The van der Waals surface area contributed by atoms with Crippen molar-refractivity contribution in [2.75, 3.05) is 7.05 Å². The van der Waals surface area contributed by atoms with Crippen LogP contribution in [-0.2, 0) is 13.5 Å². The minimum absolute atomic E-state index is 0.491. The number of likely N-dealkylation sites (N-methyl/N-ethyl adjacent to an activating group) is 1. The SMILES string of the molecule is C#CCCCC(Cc1c(C)nn(C)c1C)NC. The first-order chi connectivity index (χ1) is 8.10. The number of hydrogen-bond acceptors (Lipinski definition) is 2. The van der Waals surface area contributed by atoms with Crippen LogP contribution >= 0.6 is 0 Å². The summed E-state index contributed by atoms with van der Waals surface area (Å²) in [5.41, 5.74) is 3.77. The molecule has 3 heteroatoms. The molecule has 1 rings (SSSR count). The molecule has 0 spiro atoms. The molecule has 0 fully saturated rings. The normalized spacial score (nSPS) is 12.4. The molecule has 0 aliphatic carbocycles. The molecule has 1 aromatic heterocycles. The van der Waals surface area contributed by atoms with Gasteiger partial charge in [-0.3, -0.25) is 4.68 Å². The van der Waals surface area contributed by atoms with Crippen LogP contribution in [0.2, 0.25) is 0 Å². The first kappa shape index (κ1) is 13.8. The second-order valence-electron chi connectivity index (χ2n) is 4.56. The molecule has 1 atom stereocenters. The summed E-state index contributed by atoms with van der Waals surface area (Å²) in [5, 5.41) is 7.82. The van der Waals surface area contributed by atoms with E-state index in [9.17, 15) is 0 Å². The molecule has 0 saturated heterocycles. The van der Waals surface area contributed by atoms with E-state index < -0.39 is 0 Å². The van der Waals surface area contributed by atoms with Crippen molar-refractivity contribution in [1.82, 2.24) is 15.1 Å². The van der Waals surface area contributed by atoms with E-state index >= 15 is 0 Å². The van der Waals surface area contributed by atoms with Gasteiger partial charge >= 0.3 is 0 Å². The first-order valence-corrected chi connectivity index (χ1v) is 6.20. The molecular formula is C14H23N3. The van der Waals surface area contributed by atoms with Crippen molar-refractivity contribution >= 4 is 0 Å². The Hall–Kier alpha value is -1.27. The molecule has 1 unspecified atom stereocenters. The molecule has 1 aromatic rings. The summed E-state index contributed by atoms with van der Waals surface area (Å²) in [6.45, 7) is 4.21.